The topological polar surface area (TPSA) is 77.2 Å². The molecular weight excluding hydrogens is 270 g/mol. The Labute approximate surface area is 123 Å². The van der Waals surface area contributed by atoms with Crippen molar-refractivity contribution in [3.63, 3.8) is 0 Å². The summed E-state index contributed by atoms with van der Waals surface area (Å²) in [5.41, 5.74) is 0.266. The SMILES string of the molecule is Cc1nnc([C@@H](NC(=O)OC(C)(C)C)c2ccccc2)o1. The highest BCUT2D eigenvalue weighted by Crippen LogP contribution is 2.21. The van der Waals surface area contributed by atoms with Crippen LogP contribution in [0.1, 0.15) is 44.2 Å². The molecule has 1 aromatic carbocycles. The molecule has 0 aliphatic carbocycles. The van der Waals surface area contributed by atoms with Crippen LogP contribution >= 0.6 is 0 Å². The molecule has 0 spiro atoms. The normalized spacial score (nSPS) is 12.8. The maximum absolute atomic E-state index is 12.0. The summed E-state index contributed by atoms with van der Waals surface area (Å²) in [6.07, 6.45) is -0.535. The van der Waals surface area contributed by atoms with E-state index < -0.39 is 17.7 Å². The van der Waals surface area contributed by atoms with E-state index in [9.17, 15) is 4.79 Å². The number of amides is 1. The molecular formula is C15H19N3O3. The van der Waals surface area contributed by atoms with Crippen molar-refractivity contribution in [2.45, 2.75) is 39.3 Å². The molecule has 1 aromatic heterocycles. The first-order valence-electron chi connectivity index (χ1n) is 6.69. The zero-order valence-corrected chi connectivity index (χ0v) is 12.6. The summed E-state index contributed by atoms with van der Waals surface area (Å²) in [6.45, 7) is 7.12. The summed E-state index contributed by atoms with van der Waals surface area (Å²) in [6, 6.07) is 8.86. The Morgan fingerprint density at radius 3 is 2.43 bits per heavy atom. The summed E-state index contributed by atoms with van der Waals surface area (Å²) < 4.78 is 10.7. The van der Waals surface area contributed by atoms with Gasteiger partial charge in [0, 0.05) is 6.92 Å². The molecule has 6 heteroatoms. The maximum atomic E-state index is 12.0. The Bertz CT molecular complexity index is 602. The minimum Gasteiger partial charge on any atom is -0.444 e. The average molecular weight is 289 g/mol. The number of carbonyl (C=O) groups excluding carboxylic acids is 1. The molecule has 112 valence electrons. The highest BCUT2D eigenvalue weighted by Gasteiger charge is 2.25. The van der Waals surface area contributed by atoms with E-state index in [1.165, 1.54) is 0 Å². The van der Waals surface area contributed by atoms with Crippen molar-refractivity contribution in [2.75, 3.05) is 0 Å². The minimum atomic E-state index is -0.573. The third kappa shape index (κ3) is 4.30. The van der Waals surface area contributed by atoms with Crippen LogP contribution in [0.3, 0.4) is 0 Å². The van der Waals surface area contributed by atoms with Gasteiger partial charge < -0.3 is 14.5 Å². The Balaban J connectivity index is 2.23. The van der Waals surface area contributed by atoms with E-state index in [2.05, 4.69) is 15.5 Å². The van der Waals surface area contributed by atoms with Gasteiger partial charge in [-0.2, -0.15) is 0 Å². The van der Waals surface area contributed by atoms with Crippen molar-refractivity contribution in [1.29, 1.82) is 0 Å². The molecule has 1 N–H and O–H groups in total. The van der Waals surface area contributed by atoms with Crippen LogP contribution in [0.5, 0.6) is 0 Å². The first-order chi connectivity index (χ1) is 9.85. The first kappa shape index (κ1) is 15.0. The predicted molar refractivity (Wildman–Crippen MR) is 76.7 cm³/mol. The second kappa shape index (κ2) is 5.95. The van der Waals surface area contributed by atoms with Gasteiger partial charge in [0.2, 0.25) is 11.8 Å². The summed E-state index contributed by atoms with van der Waals surface area (Å²) in [5, 5.41) is 10.6. The smallest absolute Gasteiger partial charge is 0.408 e. The molecule has 0 aliphatic rings. The third-order valence-electron chi connectivity index (χ3n) is 2.58. The van der Waals surface area contributed by atoms with Gasteiger partial charge in [-0.25, -0.2) is 4.79 Å². The van der Waals surface area contributed by atoms with Crippen LogP contribution in [0.15, 0.2) is 34.7 Å². The van der Waals surface area contributed by atoms with E-state index in [1.807, 2.05) is 30.3 Å². The molecule has 1 heterocycles. The summed E-state index contributed by atoms with van der Waals surface area (Å²) in [7, 11) is 0. The number of aromatic nitrogens is 2. The Kier molecular flexibility index (Phi) is 4.26. The lowest BCUT2D eigenvalue weighted by Crippen LogP contribution is -2.35. The Hall–Kier alpha value is -2.37. The van der Waals surface area contributed by atoms with E-state index in [4.69, 9.17) is 9.15 Å². The molecule has 2 aromatic rings. The quantitative estimate of drug-likeness (QED) is 0.939. The molecule has 1 atom stereocenters. The molecule has 0 bridgehead atoms. The van der Waals surface area contributed by atoms with Gasteiger partial charge in [-0.05, 0) is 26.3 Å². The van der Waals surface area contributed by atoms with Crippen LogP contribution < -0.4 is 5.32 Å². The number of hydrogen-bond donors (Lipinski definition) is 1. The van der Waals surface area contributed by atoms with Gasteiger partial charge in [0.15, 0.2) is 0 Å². The minimum absolute atomic E-state index is 0.324. The number of benzene rings is 1. The van der Waals surface area contributed by atoms with Crippen molar-refractivity contribution < 1.29 is 13.9 Å². The van der Waals surface area contributed by atoms with Gasteiger partial charge in [-0.15, -0.1) is 10.2 Å². The fourth-order valence-electron chi connectivity index (χ4n) is 1.79. The molecule has 1 amide bonds. The van der Waals surface area contributed by atoms with E-state index in [1.54, 1.807) is 27.7 Å². The van der Waals surface area contributed by atoms with Crippen LogP contribution in [0.4, 0.5) is 4.79 Å². The highest BCUT2D eigenvalue weighted by atomic mass is 16.6. The molecule has 0 saturated heterocycles. The summed E-state index contributed by atoms with van der Waals surface area (Å²) in [4.78, 5) is 12.0. The zero-order valence-electron chi connectivity index (χ0n) is 12.6. The monoisotopic (exact) mass is 289 g/mol. The van der Waals surface area contributed by atoms with Gasteiger partial charge in [0.1, 0.15) is 11.6 Å². The maximum Gasteiger partial charge on any atom is 0.408 e. The van der Waals surface area contributed by atoms with E-state index >= 15 is 0 Å². The lowest BCUT2D eigenvalue weighted by molar-refractivity contribution is 0.0505. The molecule has 0 radical (unpaired) electrons. The third-order valence-corrected chi connectivity index (χ3v) is 2.58. The molecule has 6 nitrogen and oxygen atoms in total. The van der Waals surface area contributed by atoms with E-state index in [0.29, 0.717) is 11.8 Å². The molecule has 0 unspecified atom stereocenters. The van der Waals surface area contributed by atoms with Crippen molar-refractivity contribution in [3.8, 4) is 0 Å². The predicted octanol–water partition coefficient (Wildman–Crippen LogP) is 2.99. The summed E-state index contributed by atoms with van der Waals surface area (Å²) in [5.74, 6) is 0.765. The van der Waals surface area contributed by atoms with Crippen LogP contribution in [0.2, 0.25) is 0 Å². The van der Waals surface area contributed by atoms with Gasteiger partial charge >= 0.3 is 6.09 Å². The van der Waals surface area contributed by atoms with E-state index in [-0.39, 0.29) is 0 Å². The van der Waals surface area contributed by atoms with Crippen LogP contribution in [0.25, 0.3) is 0 Å². The van der Waals surface area contributed by atoms with Gasteiger partial charge in [-0.3, -0.25) is 0 Å². The molecule has 2 rings (SSSR count). The first-order valence-corrected chi connectivity index (χ1v) is 6.69. The largest absolute Gasteiger partial charge is 0.444 e. The van der Waals surface area contributed by atoms with Gasteiger partial charge in [-0.1, -0.05) is 30.3 Å². The molecule has 21 heavy (non-hydrogen) atoms. The van der Waals surface area contributed by atoms with Crippen molar-refractivity contribution in [2.24, 2.45) is 0 Å². The number of carbonyl (C=O) groups is 1. The molecule has 0 fully saturated rings. The average Bonchev–Trinajstić information content (AvgIpc) is 2.81. The zero-order chi connectivity index (χ0) is 15.5. The molecule has 0 aliphatic heterocycles. The number of aryl methyl sites for hydroxylation is 1. The van der Waals surface area contributed by atoms with Crippen LogP contribution in [-0.4, -0.2) is 21.9 Å². The van der Waals surface area contributed by atoms with E-state index in [0.717, 1.165) is 5.56 Å². The number of ether oxygens (including phenoxy) is 1. The standard InChI is InChI=1S/C15H19N3O3/c1-10-17-18-13(20-10)12(11-8-6-5-7-9-11)16-14(19)21-15(2,3)4/h5-9,12H,1-4H3,(H,16,19)/t12-/m0/s1. The Morgan fingerprint density at radius 2 is 1.90 bits per heavy atom. The number of hydrogen-bond acceptors (Lipinski definition) is 5. The number of alkyl carbamates (subject to hydrolysis) is 1. The van der Waals surface area contributed by atoms with Crippen molar-refractivity contribution in [3.05, 3.63) is 47.7 Å². The highest BCUT2D eigenvalue weighted by molar-refractivity contribution is 5.68. The Morgan fingerprint density at radius 1 is 1.24 bits per heavy atom. The number of nitrogens with zero attached hydrogens (tertiary/aromatic N) is 2. The van der Waals surface area contributed by atoms with Crippen molar-refractivity contribution in [1.82, 2.24) is 15.5 Å². The fourth-order valence-corrected chi connectivity index (χ4v) is 1.79. The van der Waals surface area contributed by atoms with Crippen molar-refractivity contribution >= 4 is 6.09 Å². The summed E-state index contributed by atoms with van der Waals surface area (Å²) >= 11 is 0. The second-order valence-electron chi connectivity index (χ2n) is 5.65. The lowest BCUT2D eigenvalue weighted by Gasteiger charge is -2.22. The second-order valence-corrected chi connectivity index (χ2v) is 5.65. The number of rotatable bonds is 3. The molecule has 0 saturated carbocycles. The number of nitrogens with one attached hydrogen (secondary N) is 1. The van der Waals surface area contributed by atoms with Gasteiger partial charge in [0.25, 0.3) is 0 Å². The van der Waals surface area contributed by atoms with Crippen LogP contribution in [-0.2, 0) is 4.74 Å². The van der Waals surface area contributed by atoms with Gasteiger partial charge in [0.05, 0.1) is 0 Å². The van der Waals surface area contributed by atoms with Crippen LogP contribution in [0, 0.1) is 6.92 Å². The lowest BCUT2D eigenvalue weighted by atomic mass is 10.1. The fraction of sp³-hybridized carbons (Fsp3) is 0.400.